The summed E-state index contributed by atoms with van der Waals surface area (Å²) in [5.41, 5.74) is 0. The first-order chi connectivity index (χ1) is 8.83. The predicted octanol–water partition coefficient (Wildman–Crippen LogP) is 2.93. The molecular formula is C15H21NO2. The van der Waals surface area contributed by atoms with E-state index in [2.05, 4.69) is 5.32 Å². The minimum Gasteiger partial charge on any atom is -0.494 e. The van der Waals surface area contributed by atoms with Crippen LogP contribution in [0, 0.1) is 0 Å². The third-order valence-corrected chi connectivity index (χ3v) is 2.43. The van der Waals surface area contributed by atoms with Gasteiger partial charge in [-0.1, -0.05) is 30.4 Å². The molecule has 0 spiro atoms. The molecule has 0 bridgehead atoms. The number of allylic oxidation sites excluding steroid dienone is 1. The third kappa shape index (κ3) is 6.74. The molecule has 98 valence electrons. The van der Waals surface area contributed by atoms with Crippen LogP contribution in [0.1, 0.15) is 26.2 Å². The second-order valence-electron chi connectivity index (χ2n) is 3.97. The summed E-state index contributed by atoms with van der Waals surface area (Å²) in [6, 6.07) is 9.64. The summed E-state index contributed by atoms with van der Waals surface area (Å²) >= 11 is 0. The van der Waals surface area contributed by atoms with E-state index in [-0.39, 0.29) is 5.91 Å². The van der Waals surface area contributed by atoms with Gasteiger partial charge < -0.3 is 10.1 Å². The van der Waals surface area contributed by atoms with Crippen LogP contribution in [0.5, 0.6) is 5.75 Å². The Balaban J connectivity index is 2.02. The fourth-order valence-electron chi connectivity index (χ4n) is 1.49. The Hall–Kier alpha value is -1.77. The number of carbonyl (C=O) groups is 1. The number of ether oxygens (including phenoxy) is 1. The molecular weight excluding hydrogens is 226 g/mol. The van der Waals surface area contributed by atoms with E-state index in [1.165, 1.54) is 0 Å². The number of nitrogens with one attached hydrogen (secondary N) is 1. The molecule has 1 rings (SSSR count). The summed E-state index contributed by atoms with van der Waals surface area (Å²) in [5, 5.41) is 2.87. The summed E-state index contributed by atoms with van der Waals surface area (Å²) in [7, 11) is 0. The lowest BCUT2D eigenvalue weighted by Gasteiger charge is -2.06. The summed E-state index contributed by atoms with van der Waals surface area (Å²) in [6.07, 6.45) is 6.18. The van der Waals surface area contributed by atoms with Crippen molar-refractivity contribution in [1.82, 2.24) is 5.32 Å². The van der Waals surface area contributed by atoms with Gasteiger partial charge in [-0.3, -0.25) is 4.79 Å². The summed E-state index contributed by atoms with van der Waals surface area (Å²) in [4.78, 5) is 11.4. The first kappa shape index (κ1) is 14.3. The molecule has 0 radical (unpaired) electrons. The molecule has 3 nitrogen and oxygen atoms in total. The molecule has 0 atom stereocenters. The molecule has 0 aliphatic rings. The number of rotatable bonds is 8. The standard InChI is InChI=1S/C15H21NO2/c1-2-3-7-12-16-15(17)11-8-13-18-14-9-5-4-6-10-14/h2-6,9-10H,7-8,11-13H2,1H3,(H,16,17)/b3-2+. The molecule has 0 aromatic heterocycles. The molecule has 0 heterocycles. The van der Waals surface area contributed by atoms with E-state index in [1.807, 2.05) is 49.4 Å². The zero-order valence-corrected chi connectivity index (χ0v) is 10.9. The van der Waals surface area contributed by atoms with Gasteiger partial charge in [0, 0.05) is 13.0 Å². The lowest BCUT2D eigenvalue weighted by Crippen LogP contribution is -2.24. The van der Waals surface area contributed by atoms with Crippen LogP contribution < -0.4 is 10.1 Å². The second kappa shape index (κ2) is 9.28. The van der Waals surface area contributed by atoms with Gasteiger partial charge in [0.25, 0.3) is 0 Å². The largest absolute Gasteiger partial charge is 0.494 e. The van der Waals surface area contributed by atoms with Crippen molar-refractivity contribution in [2.24, 2.45) is 0 Å². The molecule has 1 aromatic rings. The Kier molecular flexibility index (Phi) is 7.37. The van der Waals surface area contributed by atoms with Crippen LogP contribution in [0.4, 0.5) is 0 Å². The van der Waals surface area contributed by atoms with Gasteiger partial charge in [-0.05, 0) is 31.9 Å². The van der Waals surface area contributed by atoms with Crippen molar-refractivity contribution in [3.05, 3.63) is 42.5 Å². The highest BCUT2D eigenvalue weighted by molar-refractivity contribution is 5.75. The molecule has 1 amide bonds. The average molecular weight is 247 g/mol. The van der Waals surface area contributed by atoms with Gasteiger partial charge in [-0.2, -0.15) is 0 Å². The topological polar surface area (TPSA) is 38.3 Å². The van der Waals surface area contributed by atoms with Crippen LogP contribution in [0.15, 0.2) is 42.5 Å². The van der Waals surface area contributed by atoms with E-state index in [9.17, 15) is 4.79 Å². The number of benzene rings is 1. The van der Waals surface area contributed by atoms with Gasteiger partial charge in [0.15, 0.2) is 0 Å². The maximum absolute atomic E-state index is 11.4. The molecule has 18 heavy (non-hydrogen) atoms. The average Bonchev–Trinajstić information content (AvgIpc) is 2.41. The van der Waals surface area contributed by atoms with Crippen molar-refractivity contribution in [2.45, 2.75) is 26.2 Å². The fraction of sp³-hybridized carbons (Fsp3) is 0.400. The fourth-order valence-corrected chi connectivity index (χ4v) is 1.49. The Morgan fingerprint density at radius 2 is 2.11 bits per heavy atom. The smallest absolute Gasteiger partial charge is 0.220 e. The molecule has 0 aliphatic heterocycles. The van der Waals surface area contributed by atoms with Gasteiger partial charge in [-0.25, -0.2) is 0 Å². The molecule has 0 unspecified atom stereocenters. The normalized spacial score (nSPS) is 10.5. The first-order valence-electron chi connectivity index (χ1n) is 6.38. The predicted molar refractivity (Wildman–Crippen MR) is 73.6 cm³/mol. The Morgan fingerprint density at radius 1 is 1.33 bits per heavy atom. The molecule has 0 saturated carbocycles. The molecule has 1 N–H and O–H groups in total. The highest BCUT2D eigenvalue weighted by Crippen LogP contribution is 2.08. The summed E-state index contributed by atoms with van der Waals surface area (Å²) in [6.45, 7) is 3.26. The van der Waals surface area contributed by atoms with E-state index >= 15 is 0 Å². The van der Waals surface area contributed by atoms with E-state index in [4.69, 9.17) is 4.74 Å². The third-order valence-electron chi connectivity index (χ3n) is 2.43. The maximum atomic E-state index is 11.4. The summed E-state index contributed by atoms with van der Waals surface area (Å²) < 4.78 is 5.51. The van der Waals surface area contributed by atoms with Gasteiger partial charge in [-0.15, -0.1) is 0 Å². The van der Waals surface area contributed by atoms with Gasteiger partial charge in [0.1, 0.15) is 5.75 Å². The Morgan fingerprint density at radius 3 is 2.83 bits per heavy atom. The first-order valence-corrected chi connectivity index (χ1v) is 6.38. The Bertz CT molecular complexity index is 360. The van der Waals surface area contributed by atoms with Gasteiger partial charge >= 0.3 is 0 Å². The van der Waals surface area contributed by atoms with Crippen molar-refractivity contribution in [3.63, 3.8) is 0 Å². The molecule has 1 aromatic carbocycles. The minimum atomic E-state index is 0.0937. The minimum absolute atomic E-state index is 0.0937. The van der Waals surface area contributed by atoms with Crippen LogP contribution >= 0.6 is 0 Å². The van der Waals surface area contributed by atoms with Crippen LogP contribution in [0.3, 0.4) is 0 Å². The summed E-state index contributed by atoms with van der Waals surface area (Å²) in [5.74, 6) is 0.946. The monoisotopic (exact) mass is 247 g/mol. The highest BCUT2D eigenvalue weighted by atomic mass is 16.5. The van der Waals surface area contributed by atoms with E-state index in [0.717, 1.165) is 18.6 Å². The van der Waals surface area contributed by atoms with Crippen molar-refractivity contribution in [2.75, 3.05) is 13.2 Å². The van der Waals surface area contributed by atoms with Crippen LogP contribution in [0.25, 0.3) is 0 Å². The van der Waals surface area contributed by atoms with E-state index in [1.54, 1.807) is 0 Å². The SMILES string of the molecule is C/C=C/CCNC(=O)CCCOc1ccccc1. The number of hydrogen-bond acceptors (Lipinski definition) is 2. The zero-order chi connectivity index (χ0) is 13.1. The van der Waals surface area contributed by atoms with Crippen LogP contribution in [-0.4, -0.2) is 19.1 Å². The van der Waals surface area contributed by atoms with Crippen molar-refractivity contribution >= 4 is 5.91 Å². The molecule has 0 fully saturated rings. The quantitative estimate of drug-likeness (QED) is 0.566. The van der Waals surface area contributed by atoms with Crippen LogP contribution in [0.2, 0.25) is 0 Å². The molecule has 3 heteroatoms. The van der Waals surface area contributed by atoms with E-state index < -0.39 is 0 Å². The highest BCUT2D eigenvalue weighted by Gasteiger charge is 2.00. The van der Waals surface area contributed by atoms with Crippen molar-refractivity contribution < 1.29 is 9.53 Å². The molecule has 0 aliphatic carbocycles. The van der Waals surface area contributed by atoms with E-state index in [0.29, 0.717) is 19.6 Å². The van der Waals surface area contributed by atoms with Crippen molar-refractivity contribution in [3.8, 4) is 5.75 Å². The maximum Gasteiger partial charge on any atom is 0.220 e. The number of carbonyl (C=O) groups excluding carboxylic acids is 1. The van der Waals surface area contributed by atoms with Gasteiger partial charge in [0.2, 0.25) is 5.91 Å². The Labute approximate surface area is 109 Å². The van der Waals surface area contributed by atoms with Crippen molar-refractivity contribution in [1.29, 1.82) is 0 Å². The zero-order valence-electron chi connectivity index (χ0n) is 10.9. The van der Waals surface area contributed by atoms with Crippen LogP contribution in [-0.2, 0) is 4.79 Å². The molecule has 0 saturated heterocycles. The number of hydrogen-bond donors (Lipinski definition) is 1. The van der Waals surface area contributed by atoms with Gasteiger partial charge in [0.05, 0.1) is 6.61 Å². The number of para-hydroxylation sites is 1. The lowest BCUT2D eigenvalue weighted by atomic mass is 10.3. The number of amides is 1. The lowest BCUT2D eigenvalue weighted by molar-refractivity contribution is -0.121. The second-order valence-corrected chi connectivity index (χ2v) is 3.97.